The highest BCUT2D eigenvalue weighted by molar-refractivity contribution is 9.10. The number of hydrogen-bond acceptors (Lipinski definition) is 2. The second-order valence-electron chi connectivity index (χ2n) is 6.56. The molecule has 3 unspecified atom stereocenters. The highest BCUT2D eigenvalue weighted by Gasteiger charge is 2.48. The standard InChI is InChI=1S/C18H26BrNO/c1-3-10-20-16-12-18(9-5-6-13(18)4-2)21-17-8-7-14(19)11-15(16)17/h7-8,11,13,16,20H,3-6,9-10,12H2,1-2H3. The van der Waals surface area contributed by atoms with Crippen LogP contribution in [-0.4, -0.2) is 12.1 Å². The first-order valence-electron chi connectivity index (χ1n) is 8.40. The second kappa shape index (κ2) is 6.29. The number of nitrogens with one attached hydrogen (secondary N) is 1. The van der Waals surface area contributed by atoms with E-state index in [0.29, 0.717) is 12.0 Å². The van der Waals surface area contributed by atoms with Crippen LogP contribution in [0.15, 0.2) is 22.7 Å². The number of rotatable bonds is 4. The molecule has 0 aromatic heterocycles. The number of fused-ring (bicyclic) bond motifs is 1. The van der Waals surface area contributed by atoms with Gasteiger partial charge in [-0.2, -0.15) is 0 Å². The molecule has 1 aliphatic carbocycles. The fourth-order valence-electron chi connectivity index (χ4n) is 4.20. The van der Waals surface area contributed by atoms with Gasteiger partial charge in [-0.25, -0.2) is 0 Å². The molecule has 3 rings (SSSR count). The SMILES string of the molecule is CCCNC1CC2(CCCC2CC)Oc2ccc(Br)cc21. The van der Waals surface area contributed by atoms with E-state index in [9.17, 15) is 0 Å². The number of halogens is 1. The average Bonchev–Trinajstić information content (AvgIpc) is 2.87. The molecule has 2 aliphatic rings. The van der Waals surface area contributed by atoms with Crippen molar-refractivity contribution in [2.45, 2.75) is 64.0 Å². The fourth-order valence-corrected chi connectivity index (χ4v) is 4.57. The van der Waals surface area contributed by atoms with Crippen LogP contribution in [0.1, 0.15) is 64.0 Å². The maximum atomic E-state index is 6.59. The van der Waals surface area contributed by atoms with E-state index in [1.54, 1.807) is 0 Å². The molecular formula is C18H26BrNO. The predicted molar refractivity (Wildman–Crippen MR) is 90.8 cm³/mol. The molecule has 1 aromatic carbocycles. The maximum Gasteiger partial charge on any atom is 0.125 e. The van der Waals surface area contributed by atoms with Crippen LogP contribution in [0.2, 0.25) is 0 Å². The smallest absolute Gasteiger partial charge is 0.125 e. The van der Waals surface area contributed by atoms with Gasteiger partial charge in [0, 0.05) is 22.5 Å². The van der Waals surface area contributed by atoms with Crippen LogP contribution < -0.4 is 10.1 Å². The van der Waals surface area contributed by atoms with Crippen molar-refractivity contribution in [3.63, 3.8) is 0 Å². The van der Waals surface area contributed by atoms with E-state index in [-0.39, 0.29) is 5.60 Å². The van der Waals surface area contributed by atoms with Gasteiger partial charge in [0.2, 0.25) is 0 Å². The lowest BCUT2D eigenvalue weighted by molar-refractivity contribution is -0.00556. The van der Waals surface area contributed by atoms with Gasteiger partial charge < -0.3 is 10.1 Å². The van der Waals surface area contributed by atoms with Gasteiger partial charge >= 0.3 is 0 Å². The second-order valence-corrected chi connectivity index (χ2v) is 7.47. The minimum Gasteiger partial charge on any atom is -0.487 e. The van der Waals surface area contributed by atoms with Crippen LogP contribution in [0.3, 0.4) is 0 Å². The van der Waals surface area contributed by atoms with E-state index >= 15 is 0 Å². The molecule has 0 saturated heterocycles. The summed E-state index contributed by atoms with van der Waals surface area (Å²) in [6, 6.07) is 6.90. The zero-order valence-corrected chi connectivity index (χ0v) is 14.7. The highest BCUT2D eigenvalue weighted by Crippen LogP contribution is 2.51. The van der Waals surface area contributed by atoms with Gasteiger partial charge in [0.15, 0.2) is 0 Å². The maximum absolute atomic E-state index is 6.59. The Labute approximate surface area is 136 Å². The van der Waals surface area contributed by atoms with E-state index < -0.39 is 0 Å². The van der Waals surface area contributed by atoms with Gasteiger partial charge in [-0.05, 0) is 62.8 Å². The summed E-state index contributed by atoms with van der Waals surface area (Å²) in [5.74, 6) is 1.80. The van der Waals surface area contributed by atoms with Crippen molar-refractivity contribution in [3.05, 3.63) is 28.2 Å². The van der Waals surface area contributed by atoms with Gasteiger partial charge in [-0.1, -0.05) is 29.8 Å². The molecule has 116 valence electrons. The van der Waals surface area contributed by atoms with E-state index in [1.165, 1.54) is 37.7 Å². The average molecular weight is 352 g/mol. The first-order valence-corrected chi connectivity index (χ1v) is 9.19. The van der Waals surface area contributed by atoms with Crippen molar-refractivity contribution in [3.8, 4) is 5.75 Å². The third-order valence-corrected chi connectivity index (χ3v) is 5.73. The number of benzene rings is 1. The zero-order chi connectivity index (χ0) is 14.9. The lowest BCUT2D eigenvalue weighted by Gasteiger charge is -2.44. The van der Waals surface area contributed by atoms with Gasteiger partial charge in [0.05, 0.1) is 0 Å². The summed E-state index contributed by atoms with van der Waals surface area (Å²) in [5.41, 5.74) is 1.39. The molecule has 1 aliphatic heterocycles. The molecule has 1 aromatic rings. The molecule has 1 saturated carbocycles. The molecule has 0 bridgehead atoms. The highest BCUT2D eigenvalue weighted by atomic mass is 79.9. The summed E-state index contributed by atoms with van der Waals surface area (Å²) in [6.45, 7) is 5.62. The Balaban J connectivity index is 1.94. The topological polar surface area (TPSA) is 21.3 Å². The molecule has 0 amide bonds. The quantitative estimate of drug-likeness (QED) is 0.802. The van der Waals surface area contributed by atoms with Crippen molar-refractivity contribution >= 4 is 15.9 Å². The third kappa shape index (κ3) is 2.87. The molecule has 3 atom stereocenters. The van der Waals surface area contributed by atoms with Crippen LogP contribution in [-0.2, 0) is 0 Å². The van der Waals surface area contributed by atoms with Crippen molar-refractivity contribution < 1.29 is 4.74 Å². The van der Waals surface area contributed by atoms with Crippen LogP contribution in [0.4, 0.5) is 0 Å². The molecule has 1 spiro atoms. The van der Waals surface area contributed by atoms with Gasteiger partial charge in [0.1, 0.15) is 11.4 Å². The monoisotopic (exact) mass is 351 g/mol. The van der Waals surface area contributed by atoms with Gasteiger partial charge in [0.25, 0.3) is 0 Å². The van der Waals surface area contributed by atoms with E-state index in [4.69, 9.17) is 4.74 Å². The zero-order valence-electron chi connectivity index (χ0n) is 13.1. The van der Waals surface area contributed by atoms with Crippen molar-refractivity contribution in [1.29, 1.82) is 0 Å². The Hall–Kier alpha value is -0.540. The van der Waals surface area contributed by atoms with Crippen molar-refractivity contribution in [2.24, 2.45) is 5.92 Å². The molecule has 2 nitrogen and oxygen atoms in total. The van der Waals surface area contributed by atoms with Crippen LogP contribution in [0.5, 0.6) is 5.75 Å². The summed E-state index contributed by atoms with van der Waals surface area (Å²) in [6.07, 6.45) is 7.37. The van der Waals surface area contributed by atoms with Crippen LogP contribution >= 0.6 is 15.9 Å². The lowest BCUT2D eigenvalue weighted by atomic mass is 9.79. The Morgan fingerprint density at radius 3 is 3.00 bits per heavy atom. The Bertz CT molecular complexity index is 504. The fraction of sp³-hybridized carbons (Fsp3) is 0.667. The Morgan fingerprint density at radius 1 is 1.38 bits per heavy atom. The van der Waals surface area contributed by atoms with E-state index in [1.807, 2.05) is 0 Å². The largest absolute Gasteiger partial charge is 0.487 e. The molecule has 1 N–H and O–H groups in total. The summed E-state index contributed by atoms with van der Waals surface area (Å²) in [7, 11) is 0. The van der Waals surface area contributed by atoms with Crippen molar-refractivity contribution in [1.82, 2.24) is 5.32 Å². The summed E-state index contributed by atoms with van der Waals surface area (Å²) >= 11 is 3.60. The molecule has 1 heterocycles. The van der Waals surface area contributed by atoms with Gasteiger partial charge in [-0.3, -0.25) is 0 Å². The normalized spacial score (nSPS) is 31.2. The number of hydrogen-bond donors (Lipinski definition) is 1. The predicted octanol–water partition coefficient (Wildman–Crippen LogP) is 5.22. The molecule has 0 radical (unpaired) electrons. The Kier molecular flexibility index (Phi) is 4.60. The first-order chi connectivity index (χ1) is 10.2. The Morgan fingerprint density at radius 2 is 2.24 bits per heavy atom. The third-order valence-electron chi connectivity index (χ3n) is 5.24. The summed E-state index contributed by atoms with van der Waals surface area (Å²) in [4.78, 5) is 0. The van der Waals surface area contributed by atoms with E-state index in [0.717, 1.165) is 23.2 Å². The molecule has 21 heavy (non-hydrogen) atoms. The van der Waals surface area contributed by atoms with Crippen molar-refractivity contribution in [2.75, 3.05) is 6.54 Å². The molecule has 1 fully saturated rings. The summed E-state index contributed by atoms with van der Waals surface area (Å²) < 4.78 is 7.73. The minimum atomic E-state index is 0.0704. The first kappa shape index (κ1) is 15.4. The summed E-state index contributed by atoms with van der Waals surface area (Å²) in [5, 5.41) is 3.75. The van der Waals surface area contributed by atoms with Crippen LogP contribution in [0, 0.1) is 5.92 Å². The minimum absolute atomic E-state index is 0.0704. The van der Waals surface area contributed by atoms with E-state index in [2.05, 4.69) is 53.3 Å². The molecule has 3 heteroatoms. The van der Waals surface area contributed by atoms with Gasteiger partial charge in [-0.15, -0.1) is 0 Å². The van der Waals surface area contributed by atoms with Crippen LogP contribution in [0.25, 0.3) is 0 Å². The number of ether oxygens (including phenoxy) is 1. The molecular weight excluding hydrogens is 326 g/mol. The lowest BCUT2D eigenvalue weighted by Crippen LogP contribution is -2.46.